The average molecular weight is 223 g/mol. The number of nitrogen functional groups attached to an aromatic ring is 1. The van der Waals surface area contributed by atoms with E-state index in [2.05, 4.69) is 4.98 Å². The van der Waals surface area contributed by atoms with E-state index >= 15 is 0 Å². The molecule has 78 valence electrons. The predicted octanol–water partition coefficient (Wildman–Crippen LogP) is 2.35. The minimum Gasteiger partial charge on any atom is -0.480 e. The van der Waals surface area contributed by atoms with Crippen LogP contribution in [-0.2, 0) is 5.88 Å². The molecule has 1 rings (SSSR count). The number of anilines is 1. The van der Waals surface area contributed by atoms with Gasteiger partial charge in [-0.2, -0.15) is 0 Å². The zero-order valence-corrected chi connectivity index (χ0v) is 8.18. The molecule has 0 unspecified atom stereocenters. The first-order valence-corrected chi connectivity index (χ1v) is 4.30. The summed E-state index contributed by atoms with van der Waals surface area (Å²) in [5.74, 6) is 0.0229. The van der Waals surface area contributed by atoms with Gasteiger partial charge in [-0.15, -0.1) is 11.6 Å². The fourth-order valence-corrected chi connectivity index (χ4v) is 1.36. The van der Waals surface area contributed by atoms with E-state index in [1.807, 2.05) is 0 Å². The van der Waals surface area contributed by atoms with Crippen LogP contribution in [-0.4, -0.2) is 12.1 Å². The Morgan fingerprint density at radius 3 is 2.71 bits per heavy atom. The summed E-state index contributed by atoms with van der Waals surface area (Å²) in [5.41, 5.74) is 5.53. The Hall–Kier alpha value is -1.10. The van der Waals surface area contributed by atoms with Crippen molar-refractivity contribution in [1.82, 2.24) is 4.98 Å². The third-order valence-corrected chi connectivity index (χ3v) is 2.05. The molecule has 2 N–H and O–H groups in total. The molecule has 0 fully saturated rings. The molecule has 1 heterocycles. The lowest BCUT2D eigenvalue weighted by atomic mass is 10.1. The highest BCUT2D eigenvalue weighted by Gasteiger charge is 2.18. The highest BCUT2D eigenvalue weighted by atomic mass is 35.5. The van der Waals surface area contributed by atoms with Crippen molar-refractivity contribution in [1.29, 1.82) is 0 Å². The molecular weight excluding hydrogens is 214 g/mol. The summed E-state index contributed by atoms with van der Waals surface area (Å²) in [6.45, 7) is 0. The molecule has 1 aromatic rings. The first-order chi connectivity index (χ1) is 6.61. The van der Waals surface area contributed by atoms with Crippen molar-refractivity contribution in [3.63, 3.8) is 0 Å². The van der Waals surface area contributed by atoms with Gasteiger partial charge in [0.05, 0.1) is 18.7 Å². The van der Waals surface area contributed by atoms with Crippen molar-refractivity contribution in [2.24, 2.45) is 0 Å². The Morgan fingerprint density at radius 1 is 1.64 bits per heavy atom. The van der Waals surface area contributed by atoms with Gasteiger partial charge >= 0.3 is 0 Å². The fraction of sp³-hybridized carbons (Fsp3) is 0.375. The van der Waals surface area contributed by atoms with Crippen molar-refractivity contribution in [2.75, 3.05) is 12.8 Å². The minimum absolute atomic E-state index is 0.0697. The van der Waals surface area contributed by atoms with E-state index in [1.165, 1.54) is 7.11 Å². The molecule has 0 atom stereocenters. The maximum atomic E-state index is 12.4. The Kier molecular flexibility index (Phi) is 3.46. The van der Waals surface area contributed by atoms with E-state index in [-0.39, 0.29) is 28.6 Å². The van der Waals surface area contributed by atoms with Crippen molar-refractivity contribution in [2.45, 2.75) is 12.3 Å². The molecule has 0 amide bonds. The zero-order valence-electron chi connectivity index (χ0n) is 7.43. The molecule has 0 aliphatic carbocycles. The number of ether oxygens (including phenoxy) is 1. The van der Waals surface area contributed by atoms with Crippen LogP contribution in [0.5, 0.6) is 5.88 Å². The summed E-state index contributed by atoms with van der Waals surface area (Å²) in [7, 11) is 1.36. The van der Waals surface area contributed by atoms with Crippen LogP contribution in [0.1, 0.15) is 17.6 Å². The Labute approximate surface area is 84.8 Å². The van der Waals surface area contributed by atoms with Crippen molar-refractivity contribution in [3.05, 3.63) is 17.3 Å². The van der Waals surface area contributed by atoms with Gasteiger partial charge in [0.1, 0.15) is 0 Å². The number of alkyl halides is 3. The van der Waals surface area contributed by atoms with Gasteiger partial charge in [-0.05, 0) is 0 Å². The SMILES string of the molecule is COc1ncc(C(F)F)c(CCl)c1N. The molecule has 0 saturated heterocycles. The Balaban J connectivity index is 3.28. The van der Waals surface area contributed by atoms with E-state index in [0.717, 1.165) is 6.20 Å². The van der Waals surface area contributed by atoms with E-state index in [0.29, 0.717) is 0 Å². The van der Waals surface area contributed by atoms with Crippen molar-refractivity contribution in [3.8, 4) is 5.88 Å². The lowest BCUT2D eigenvalue weighted by molar-refractivity contribution is 0.150. The molecule has 0 aliphatic rings. The van der Waals surface area contributed by atoms with Crippen LogP contribution in [0.4, 0.5) is 14.5 Å². The molecule has 6 heteroatoms. The van der Waals surface area contributed by atoms with Crippen LogP contribution in [0.25, 0.3) is 0 Å². The Bertz CT molecular complexity index is 333. The molecule has 14 heavy (non-hydrogen) atoms. The van der Waals surface area contributed by atoms with Crippen molar-refractivity contribution >= 4 is 17.3 Å². The van der Waals surface area contributed by atoms with Gasteiger partial charge in [-0.1, -0.05) is 0 Å². The molecular formula is C8H9ClF2N2O. The molecule has 0 spiro atoms. The van der Waals surface area contributed by atoms with Gasteiger partial charge in [-0.25, -0.2) is 13.8 Å². The normalized spacial score (nSPS) is 10.6. The molecule has 0 aromatic carbocycles. The van der Waals surface area contributed by atoms with E-state index < -0.39 is 6.43 Å². The van der Waals surface area contributed by atoms with Crippen LogP contribution in [0.15, 0.2) is 6.20 Å². The third kappa shape index (κ3) is 1.87. The highest BCUT2D eigenvalue weighted by Crippen LogP contribution is 2.32. The lowest BCUT2D eigenvalue weighted by Gasteiger charge is -2.11. The second-order valence-corrected chi connectivity index (χ2v) is 2.82. The van der Waals surface area contributed by atoms with Crippen LogP contribution < -0.4 is 10.5 Å². The second-order valence-electron chi connectivity index (χ2n) is 2.55. The molecule has 0 aliphatic heterocycles. The maximum Gasteiger partial charge on any atom is 0.265 e. The van der Waals surface area contributed by atoms with Crippen LogP contribution in [0, 0.1) is 0 Å². The number of aromatic nitrogens is 1. The van der Waals surface area contributed by atoms with Crippen LogP contribution in [0.2, 0.25) is 0 Å². The van der Waals surface area contributed by atoms with E-state index in [4.69, 9.17) is 22.1 Å². The number of nitrogens with zero attached hydrogens (tertiary/aromatic N) is 1. The first kappa shape index (κ1) is 11.0. The number of hydrogen-bond acceptors (Lipinski definition) is 3. The first-order valence-electron chi connectivity index (χ1n) is 3.77. The van der Waals surface area contributed by atoms with Crippen molar-refractivity contribution < 1.29 is 13.5 Å². The summed E-state index contributed by atoms with van der Waals surface area (Å²) >= 11 is 5.51. The van der Waals surface area contributed by atoms with Gasteiger partial charge in [0, 0.05) is 17.3 Å². The number of pyridine rings is 1. The molecule has 1 aromatic heterocycles. The van der Waals surface area contributed by atoms with E-state index in [9.17, 15) is 8.78 Å². The van der Waals surface area contributed by atoms with E-state index in [1.54, 1.807) is 0 Å². The zero-order chi connectivity index (χ0) is 10.7. The molecule has 0 saturated carbocycles. The van der Waals surface area contributed by atoms with Gasteiger partial charge < -0.3 is 10.5 Å². The number of rotatable bonds is 3. The second kappa shape index (κ2) is 4.41. The number of hydrogen-bond donors (Lipinski definition) is 1. The molecule has 0 radical (unpaired) electrons. The quantitative estimate of drug-likeness (QED) is 0.799. The molecule has 0 bridgehead atoms. The molecule has 3 nitrogen and oxygen atoms in total. The predicted molar refractivity (Wildman–Crippen MR) is 49.7 cm³/mol. The topological polar surface area (TPSA) is 48.1 Å². The summed E-state index contributed by atoms with van der Waals surface area (Å²) in [6.07, 6.45) is -1.61. The van der Waals surface area contributed by atoms with Crippen LogP contribution in [0.3, 0.4) is 0 Å². The monoisotopic (exact) mass is 222 g/mol. The summed E-state index contributed by atoms with van der Waals surface area (Å²) in [6, 6.07) is 0. The third-order valence-electron chi connectivity index (χ3n) is 1.79. The van der Waals surface area contributed by atoms with Gasteiger partial charge in [0.2, 0.25) is 5.88 Å². The number of halogens is 3. The minimum atomic E-state index is -2.63. The van der Waals surface area contributed by atoms with Crippen LogP contribution >= 0.6 is 11.6 Å². The summed E-state index contributed by atoms with van der Waals surface area (Å²) < 4.78 is 29.7. The van der Waals surface area contributed by atoms with Gasteiger partial charge in [0.25, 0.3) is 6.43 Å². The number of nitrogens with two attached hydrogens (primary N) is 1. The van der Waals surface area contributed by atoms with Gasteiger partial charge in [-0.3, -0.25) is 0 Å². The average Bonchev–Trinajstić information content (AvgIpc) is 2.17. The standard InChI is InChI=1S/C8H9ClF2N2O/c1-14-8-6(12)4(2-9)5(3-13-8)7(10)11/h3,7H,2,12H2,1H3. The maximum absolute atomic E-state index is 12.4. The van der Waals surface area contributed by atoms with Gasteiger partial charge in [0.15, 0.2) is 0 Å². The Morgan fingerprint density at radius 2 is 2.29 bits per heavy atom. The number of methoxy groups -OCH3 is 1. The summed E-state index contributed by atoms with van der Waals surface area (Å²) in [5, 5.41) is 0. The largest absolute Gasteiger partial charge is 0.480 e. The summed E-state index contributed by atoms with van der Waals surface area (Å²) in [4.78, 5) is 3.64. The highest BCUT2D eigenvalue weighted by molar-refractivity contribution is 6.17. The fourth-order valence-electron chi connectivity index (χ4n) is 1.06. The lowest BCUT2D eigenvalue weighted by Crippen LogP contribution is -2.03. The smallest absolute Gasteiger partial charge is 0.265 e.